The van der Waals surface area contributed by atoms with Gasteiger partial charge in [0.2, 0.25) is 0 Å². The number of benzene rings is 2. The van der Waals surface area contributed by atoms with Gasteiger partial charge in [-0.2, -0.15) is 0 Å². The summed E-state index contributed by atoms with van der Waals surface area (Å²) in [6.07, 6.45) is 2.06. The molecule has 152 valence electrons. The highest BCUT2D eigenvalue weighted by Crippen LogP contribution is 2.27. The number of halogens is 4. The van der Waals surface area contributed by atoms with Crippen LogP contribution in [0.25, 0.3) is 0 Å². The summed E-state index contributed by atoms with van der Waals surface area (Å²) in [4.78, 5) is 14.3. The highest BCUT2D eigenvalue weighted by molar-refractivity contribution is 9.10. The van der Waals surface area contributed by atoms with Crippen molar-refractivity contribution in [3.63, 3.8) is 0 Å². The van der Waals surface area contributed by atoms with Crippen LogP contribution < -0.4 is 10.1 Å². The lowest BCUT2D eigenvalue weighted by Gasteiger charge is -2.28. The fourth-order valence-corrected chi connectivity index (χ4v) is 3.47. The molecule has 1 saturated heterocycles. The Morgan fingerprint density at radius 3 is 2.46 bits per heavy atom. The second-order valence-electron chi connectivity index (χ2n) is 6.47. The summed E-state index contributed by atoms with van der Waals surface area (Å²) in [5.41, 5.74) is 0.396. The molecule has 3 rings (SSSR count). The van der Waals surface area contributed by atoms with Crippen LogP contribution in [-0.2, 0) is 4.79 Å². The van der Waals surface area contributed by atoms with Gasteiger partial charge in [-0.1, -0.05) is 22.0 Å². The number of amides is 1. The quantitative estimate of drug-likeness (QED) is 0.642. The average Bonchev–Trinajstić information content (AvgIpc) is 3.17. The normalized spacial score (nSPS) is 15.0. The van der Waals surface area contributed by atoms with Gasteiger partial charge in [0.05, 0.1) is 6.04 Å². The fourth-order valence-electron chi connectivity index (χ4n) is 3.20. The first-order chi connectivity index (χ1) is 13.0. The molecule has 8 heteroatoms. The zero-order valence-corrected chi connectivity index (χ0v) is 17.6. The maximum absolute atomic E-state index is 14.3. The molecule has 2 aromatic carbocycles. The van der Waals surface area contributed by atoms with E-state index in [0.717, 1.165) is 36.5 Å². The molecule has 1 aliphatic rings. The zero-order valence-electron chi connectivity index (χ0n) is 15.2. The maximum Gasteiger partial charge on any atom is 0.258 e. The van der Waals surface area contributed by atoms with E-state index < -0.39 is 11.6 Å². The minimum absolute atomic E-state index is 0. The van der Waals surface area contributed by atoms with E-state index in [1.54, 1.807) is 12.1 Å². The van der Waals surface area contributed by atoms with Crippen LogP contribution >= 0.6 is 28.3 Å². The molecule has 2 aromatic rings. The van der Waals surface area contributed by atoms with Crippen molar-refractivity contribution in [1.29, 1.82) is 0 Å². The lowest BCUT2D eigenvalue weighted by Crippen LogP contribution is -2.39. The first-order valence-electron chi connectivity index (χ1n) is 8.87. The molecule has 4 nitrogen and oxygen atoms in total. The Kier molecular flexibility index (Phi) is 8.66. The van der Waals surface area contributed by atoms with Crippen LogP contribution in [0.15, 0.2) is 46.9 Å². The number of hydrogen-bond acceptors (Lipinski definition) is 3. The molecule has 1 unspecified atom stereocenters. The number of nitrogens with one attached hydrogen (secondary N) is 1. The second-order valence-corrected chi connectivity index (χ2v) is 7.39. The Labute approximate surface area is 177 Å². The Morgan fingerprint density at radius 1 is 1.14 bits per heavy atom. The predicted octanol–water partition coefficient (Wildman–Crippen LogP) is 4.48. The molecule has 0 bridgehead atoms. The van der Waals surface area contributed by atoms with Gasteiger partial charge in [0.1, 0.15) is 17.4 Å². The molecule has 0 aliphatic carbocycles. The molecule has 28 heavy (non-hydrogen) atoms. The van der Waals surface area contributed by atoms with E-state index in [4.69, 9.17) is 4.74 Å². The van der Waals surface area contributed by atoms with Crippen LogP contribution in [0.1, 0.15) is 24.4 Å². The van der Waals surface area contributed by atoms with Crippen molar-refractivity contribution in [2.24, 2.45) is 0 Å². The molecule has 0 saturated carbocycles. The third-order valence-electron chi connectivity index (χ3n) is 4.58. The molecule has 1 atom stereocenters. The average molecular weight is 476 g/mol. The maximum atomic E-state index is 14.3. The van der Waals surface area contributed by atoms with Gasteiger partial charge in [0.15, 0.2) is 6.61 Å². The molecule has 1 fully saturated rings. The molecular formula is C20H22BrClF2N2O2. The Hall–Kier alpha value is -1.70. The number of carbonyl (C=O) groups excluding carboxylic acids is 1. The van der Waals surface area contributed by atoms with Crippen molar-refractivity contribution in [3.05, 3.63) is 64.1 Å². The largest absolute Gasteiger partial charge is 0.484 e. The topological polar surface area (TPSA) is 41.6 Å². The zero-order chi connectivity index (χ0) is 19.2. The smallest absolute Gasteiger partial charge is 0.258 e. The van der Waals surface area contributed by atoms with E-state index in [0.29, 0.717) is 11.3 Å². The summed E-state index contributed by atoms with van der Waals surface area (Å²) in [5, 5.41) is 2.81. The first kappa shape index (κ1) is 22.6. The van der Waals surface area contributed by atoms with Gasteiger partial charge in [-0.25, -0.2) is 8.78 Å². The van der Waals surface area contributed by atoms with Crippen molar-refractivity contribution in [3.8, 4) is 5.75 Å². The number of likely N-dealkylation sites (tertiary alicyclic amines) is 1. The SMILES string of the molecule is Cl.O=C(COc1ccc(Br)cc1)NCC(c1ccc(F)cc1F)N1CCCC1. The molecule has 1 amide bonds. The highest BCUT2D eigenvalue weighted by atomic mass is 79.9. The molecule has 1 heterocycles. The molecule has 0 spiro atoms. The third-order valence-corrected chi connectivity index (χ3v) is 5.11. The predicted molar refractivity (Wildman–Crippen MR) is 110 cm³/mol. The van der Waals surface area contributed by atoms with Gasteiger partial charge in [-0.15, -0.1) is 12.4 Å². The van der Waals surface area contributed by atoms with Gasteiger partial charge in [0, 0.05) is 22.6 Å². The summed E-state index contributed by atoms with van der Waals surface area (Å²) < 4.78 is 33.9. The number of carbonyl (C=O) groups is 1. The van der Waals surface area contributed by atoms with E-state index in [9.17, 15) is 13.6 Å². The number of rotatable bonds is 7. The van der Waals surface area contributed by atoms with E-state index in [1.165, 1.54) is 12.1 Å². The third kappa shape index (κ3) is 6.15. The van der Waals surface area contributed by atoms with Crippen LogP contribution in [0.2, 0.25) is 0 Å². The van der Waals surface area contributed by atoms with Gasteiger partial charge in [-0.3, -0.25) is 9.69 Å². The van der Waals surface area contributed by atoms with Crippen molar-refractivity contribution in [2.45, 2.75) is 18.9 Å². The van der Waals surface area contributed by atoms with Crippen LogP contribution in [0.5, 0.6) is 5.75 Å². The van der Waals surface area contributed by atoms with E-state index >= 15 is 0 Å². The van der Waals surface area contributed by atoms with E-state index in [1.807, 2.05) is 12.1 Å². The summed E-state index contributed by atoms with van der Waals surface area (Å²) in [5.74, 6) is -0.894. The van der Waals surface area contributed by atoms with E-state index in [2.05, 4.69) is 26.1 Å². The van der Waals surface area contributed by atoms with Crippen LogP contribution in [0.3, 0.4) is 0 Å². The van der Waals surface area contributed by atoms with Gasteiger partial charge >= 0.3 is 0 Å². The minimum Gasteiger partial charge on any atom is -0.484 e. The lowest BCUT2D eigenvalue weighted by atomic mass is 10.0. The van der Waals surface area contributed by atoms with Gasteiger partial charge in [-0.05, 0) is 56.3 Å². The summed E-state index contributed by atoms with van der Waals surface area (Å²) in [6, 6.07) is 10.4. The minimum atomic E-state index is -0.608. The number of ether oxygens (including phenoxy) is 1. The molecule has 0 aromatic heterocycles. The van der Waals surface area contributed by atoms with Crippen LogP contribution in [0.4, 0.5) is 8.78 Å². The molecule has 1 aliphatic heterocycles. The summed E-state index contributed by atoms with van der Waals surface area (Å²) >= 11 is 3.34. The summed E-state index contributed by atoms with van der Waals surface area (Å²) in [6.45, 7) is 1.77. The standard InChI is InChI=1S/C20H21BrF2N2O2.ClH/c21-14-3-6-16(7-4-14)27-13-20(26)24-12-19(25-9-1-2-10-25)17-8-5-15(22)11-18(17)23;/h3-8,11,19H,1-2,9-10,12-13H2,(H,24,26);1H. The number of hydrogen-bond donors (Lipinski definition) is 1. The van der Waals surface area contributed by atoms with Crippen molar-refractivity contribution < 1.29 is 18.3 Å². The summed E-state index contributed by atoms with van der Waals surface area (Å²) in [7, 11) is 0. The monoisotopic (exact) mass is 474 g/mol. The molecular weight excluding hydrogens is 454 g/mol. The fraction of sp³-hybridized carbons (Fsp3) is 0.350. The van der Waals surface area contributed by atoms with Gasteiger partial charge in [0.25, 0.3) is 5.91 Å². The van der Waals surface area contributed by atoms with Gasteiger partial charge < -0.3 is 10.1 Å². The lowest BCUT2D eigenvalue weighted by molar-refractivity contribution is -0.123. The Balaban J connectivity index is 0.00000280. The first-order valence-corrected chi connectivity index (χ1v) is 9.66. The second kappa shape index (κ2) is 10.7. The Morgan fingerprint density at radius 2 is 1.82 bits per heavy atom. The van der Waals surface area contributed by atoms with E-state index in [-0.39, 0.29) is 37.5 Å². The Bertz CT molecular complexity index is 786. The van der Waals surface area contributed by atoms with Crippen LogP contribution in [-0.4, -0.2) is 37.0 Å². The number of nitrogens with zero attached hydrogens (tertiary/aromatic N) is 1. The van der Waals surface area contributed by atoms with Crippen molar-refractivity contribution >= 4 is 34.2 Å². The molecule has 1 N–H and O–H groups in total. The van der Waals surface area contributed by atoms with Crippen molar-refractivity contribution in [1.82, 2.24) is 10.2 Å². The molecule has 0 radical (unpaired) electrons. The highest BCUT2D eigenvalue weighted by Gasteiger charge is 2.26. The van der Waals surface area contributed by atoms with Crippen molar-refractivity contribution in [2.75, 3.05) is 26.2 Å². The van der Waals surface area contributed by atoms with Crippen LogP contribution in [0, 0.1) is 11.6 Å².